The second-order valence-corrected chi connectivity index (χ2v) is 12.5. The van der Waals surface area contributed by atoms with E-state index in [0.717, 1.165) is 24.9 Å². The molecule has 35 heavy (non-hydrogen) atoms. The minimum atomic E-state index is -2.43. The topological polar surface area (TPSA) is 101 Å². The van der Waals surface area contributed by atoms with Gasteiger partial charge >= 0.3 is 0 Å². The third-order valence-electron chi connectivity index (χ3n) is 5.64. The van der Waals surface area contributed by atoms with Gasteiger partial charge in [-0.15, -0.1) is 0 Å². The Hall–Kier alpha value is -2.69. The molecule has 3 aromatic rings. The number of likely N-dealkylation sites (tertiary alicyclic amines) is 1. The fraction of sp³-hybridized carbons (Fsp3) is 0.480. The van der Waals surface area contributed by atoms with Gasteiger partial charge in [-0.3, -0.25) is 4.90 Å². The molecule has 4 rings (SSSR count). The molecule has 188 valence electrons. The summed E-state index contributed by atoms with van der Waals surface area (Å²) in [6.45, 7) is 5.81. The molecule has 0 bridgehead atoms. The standard InChI is InChI=1S/C25H32FN5O3S/c1-25(2,32)15-31-10-6-8-19(14-31)34-24-17(7-5-9-27-24)11-21-23-20(26)12-18(30-35(3,4)33)13-22(23)29-16-28-21/h5,7,9,12-13,16,19,32H,6,8,10-11,14-15H2,1-4H3/t19-/m1/s1. The molecule has 0 aliphatic carbocycles. The van der Waals surface area contributed by atoms with E-state index in [1.165, 1.54) is 24.9 Å². The van der Waals surface area contributed by atoms with Crippen molar-refractivity contribution in [2.75, 3.05) is 32.1 Å². The Morgan fingerprint density at radius 2 is 2.09 bits per heavy atom. The van der Waals surface area contributed by atoms with Gasteiger partial charge < -0.3 is 9.84 Å². The highest BCUT2D eigenvalue weighted by Gasteiger charge is 2.26. The van der Waals surface area contributed by atoms with Gasteiger partial charge in [0.2, 0.25) is 5.88 Å². The van der Waals surface area contributed by atoms with Crippen LogP contribution >= 0.6 is 0 Å². The number of hydrogen-bond acceptors (Lipinski definition) is 8. The molecule has 1 aliphatic heterocycles. The van der Waals surface area contributed by atoms with Crippen LogP contribution in [0.1, 0.15) is 37.9 Å². The summed E-state index contributed by atoms with van der Waals surface area (Å²) in [4.78, 5) is 15.2. The number of rotatable bonds is 7. The predicted octanol–water partition coefficient (Wildman–Crippen LogP) is 3.73. The summed E-state index contributed by atoms with van der Waals surface area (Å²) in [5.41, 5.74) is 1.23. The molecular formula is C25H32FN5O3S. The van der Waals surface area contributed by atoms with E-state index in [1.54, 1.807) is 26.1 Å². The molecule has 0 unspecified atom stereocenters. The van der Waals surface area contributed by atoms with Crippen molar-refractivity contribution >= 4 is 26.3 Å². The van der Waals surface area contributed by atoms with Gasteiger partial charge in [0.25, 0.3) is 0 Å². The third-order valence-corrected chi connectivity index (χ3v) is 6.29. The highest BCUT2D eigenvalue weighted by atomic mass is 32.2. The lowest BCUT2D eigenvalue weighted by Gasteiger charge is -2.36. The maximum atomic E-state index is 15.1. The quantitative estimate of drug-likeness (QED) is 0.526. The molecule has 0 radical (unpaired) electrons. The van der Waals surface area contributed by atoms with Crippen molar-refractivity contribution in [3.05, 3.63) is 53.9 Å². The van der Waals surface area contributed by atoms with E-state index in [4.69, 9.17) is 4.74 Å². The molecule has 1 aliphatic rings. The van der Waals surface area contributed by atoms with Crippen LogP contribution in [0.2, 0.25) is 0 Å². The molecule has 1 N–H and O–H groups in total. The normalized spacial score (nSPS) is 17.5. The summed E-state index contributed by atoms with van der Waals surface area (Å²) >= 11 is 0. The van der Waals surface area contributed by atoms with Crippen LogP contribution in [0.15, 0.2) is 41.2 Å². The molecule has 1 aromatic carbocycles. The van der Waals surface area contributed by atoms with Crippen LogP contribution in [0.4, 0.5) is 10.1 Å². The molecule has 1 fully saturated rings. The Morgan fingerprint density at radius 3 is 2.83 bits per heavy atom. The highest BCUT2D eigenvalue weighted by Crippen LogP contribution is 2.29. The Bertz CT molecular complexity index is 1330. The second kappa shape index (κ2) is 10.1. The van der Waals surface area contributed by atoms with E-state index in [0.29, 0.717) is 42.0 Å². The van der Waals surface area contributed by atoms with Gasteiger partial charge in [0.15, 0.2) is 0 Å². The van der Waals surface area contributed by atoms with Gasteiger partial charge in [0.05, 0.1) is 27.9 Å². The van der Waals surface area contributed by atoms with Crippen LogP contribution in [-0.2, 0) is 16.1 Å². The van der Waals surface area contributed by atoms with E-state index in [2.05, 4.69) is 24.2 Å². The smallest absolute Gasteiger partial charge is 0.217 e. The second-order valence-electron chi connectivity index (χ2n) is 9.99. The van der Waals surface area contributed by atoms with Gasteiger partial charge in [0, 0.05) is 59.6 Å². The highest BCUT2D eigenvalue weighted by molar-refractivity contribution is 7.92. The molecule has 1 saturated heterocycles. The fourth-order valence-corrected chi connectivity index (χ4v) is 5.05. The number of benzene rings is 1. The summed E-state index contributed by atoms with van der Waals surface area (Å²) in [6, 6.07) is 6.61. The number of ether oxygens (including phenoxy) is 1. The lowest BCUT2D eigenvalue weighted by Crippen LogP contribution is -2.47. The van der Waals surface area contributed by atoms with Crippen LogP contribution in [0.5, 0.6) is 5.88 Å². The van der Waals surface area contributed by atoms with Crippen molar-refractivity contribution < 1.29 is 18.4 Å². The first-order chi connectivity index (χ1) is 16.5. The average Bonchev–Trinajstić information content (AvgIpc) is 2.73. The molecule has 10 heteroatoms. The predicted molar refractivity (Wildman–Crippen MR) is 135 cm³/mol. The van der Waals surface area contributed by atoms with Crippen molar-refractivity contribution in [2.24, 2.45) is 4.36 Å². The van der Waals surface area contributed by atoms with E-state index < -0.39 is 21.1 Å². The lowest BCUT2D eigenvalue weighted by molar-refractivity contribution is 0.00633. The molecule has 0 amide bonds. The number of nitrogens with zero attached hydrogens (tertiary/aromatic N) is 5. The van der Waals surface area contributed by atoms with E-state index in [-0.39, 0.29) is 11.8 Å². The Balaban J connectivity index is 1.59. The number of pyridine rings is 1. The molecule has 1 atom stereocenters. The Labute approximate surface area is 205 Å². The Morgan fingerprint density at radius 1 is 1.29 bits per heavy atom. The maximum Gasteiger partial charge on any atom is 0.217 e. The van der Waals surface area contributed by atoms with Gasteiger partial charge in [-0.1, -0.05) is 6.07 Å². The Kier molecular flexibility index (Phi) is 7.35. The minimum Gasteiger partial charge on any atom is -0.473 e. The number of aliphatic hydroxyl groups is 1. The summed E-state index contributed by atoms with van der Waals surface area (Å²) < 4.78 is 37.6. The van der Waals surface area contributed by atoms with Crippen LogP contribution in [0.25, 0.3) is 10.9 Å². The maximum absolute atomic E-state index is 15.1. The van der Waals surface area contributed by atoms with Crippen molar-refractivity contribution in [1.29, 1.82) is 0 Å². The van der Waals surface area contributed by atoms with Gasteiger partial charge in [0.1, 0.15) is 18.2 Å². The third kappa shape index (κ3) is 6.93. The van der Waals surface area contributed by atoms with E-state index in [9.17, 15) is 9.32 Å². The van der Waals surface area contributed by atoms with Gasteiger partial charge in [-0.2, -0.15) is 4.36 Å². The van der Waals surface area contributed by atoms with Crippen molar-refractivity contribution in [2.45, 2.75) is 44.8 Å². The molecule has 8 nitrogen and oxygen atoms in total. The minimum absolute atomic E-state index is 0.0549. The zero-order valence-electron chi connectivity index (χ0n) is 20.6. The van der Waals surface area contributed by atoms with Crippen molar-refractivity contribution in [3.63, 3.8) is 0 Å². The first kappa shape index (κ1) is 25.4. The first-order valence-corrected chi connectivity index (χ1v) is 14.0. The van der Waals surface area contributed by atoms with Crippen LogP contribution in [0.3, 0.4) is 0 Å². The molecule has 0 spiro atoms. The average molecular weight is 502 g/mol. The number of piperidine rings is 1. The van der Waals surface area contributed by atoms with E-state index in [1.807, 2.05) is 12.1 Å². The molecule has 0 saturated carbocycles. The molecule has 3 heterocycles. The summed E-state index contributed by atoms with van der Waals surface area (Å²) in [6.07, 6.45) is 8.20. The van der Waals surface area contributed by atoms with E-state index >= 15 is 4.39 Å². The zero-order chi connectivity index (χ0) is 25.2. The summed E-state index contributed by atoms with van der Waals surface area (Å²) in [5.74, 6) is -0.0143. The molecular weight excluding hydrogens is 469 g/mol. The number of fused-ring (bicyclic) bond motifs is 1. The summed E-state index contributed by atoms with van der Waals surface area (Å²) in [5, 5.41) is 10.5. The molecule has 2 aromatic heterocycles. The monoisotopic (exact) mass is 501 g/mol. The fourth-order valence-electron chi connectivity index (χ4n) is 4.43. The first-order valence-electron chi connectivity index (χ1n) is 11.6. The van der Waals surface area contributed by atoms with Crippen LogP contribution < -0.4 is 4.74 Å². The zero-order valence-corrected chi connectivity index (χ0v) is 21.4. The van der Waals surface area contributed by atoms with Crippen molar-refractivity contribution in [3.8, 4) is 5.88 Å². The number of β-amino-alcohol motifs (C(OH)–C–C–N with tert-alkyl or cyclic N) is 1. The lowest BCUT2D eigenvalue weighted by atomic mass is 10.0. The number of halogens is 1. The van der Waals surface area contributed by atoms with Gasteiger partial charge in [-0.25, -0.2) is 23.6 Å². The van der Waals surface area contributed by atoms with Crippen LogP contribution in [-0.4, -0.2) is 73.0 Å². The summed E-state index contributed by atoms with van der Waals surface area (Å²) in [7, 11) is -2.43. The van der Waals surface area contributed by atoms with Gasteiger partial charge in [-0.05, 0) is 45.4 Å². The largest absolute Gasteiger partial charge is 0.473 e. The number of aromatic nitrogens is 3. The SMILES string of the molecule is CC(C)(O)CN1CCC[C@@H](Oc2ncccc2Cc2ncnc3cc(N=S(C)(C)=O)cc(F)c23)C1. The van der Waals surface area contributed by atoms with Crippen molar-refractivity contribution in [1.82, 2.24) is 19.9 Å². The van der Waals surface area contributed by atoms with Crippen LogP contribution in [0, 0.1) is 5.82 Å². The number of hydrogen-bond donors (Lipinski definition) is 1.